The summed E-state index contributed by atoms with van der Waals surface area (Å²) in [5, 5.41) is 12.2. The molecule has 4 heteroatoms. The van der Waals surface area contributed by atoms with Crippen molar-refractivity contribution in [2.24, 2.45) is 0 Å². The van der Waals surface area contributed by atoms with E-state index in [1.807, 2.05) is 11.8 Å². The van der Waals surface area contributed by atoms with Gasteiger partial charge in [0, 0.05) is 19.4 Å². The Bertz CT molecular complexity index is 172. The van der Waals surface area contributed by atoms with Crippen LogP contribution in [0.2, 0.25) is 0 Å². The van der Waals surface area contributed by atoms with E-state index < -0.39 is 0 Å². The van der Waals surface area contributed by atoms with Crippen LogP contribution in [0.25, 0.3) is 0 Å². The molecule has 1 rings (SSSR count). The Morgan fingerprint density at radius 2 is 2.58 bits per heavy atom. The van der Waals surface area contributed by atoms with Crippen LogP contribution in [0.1, 0.15) is 6.42 Å². The summed E-state index contributed by atoms with van der Waals surface area (Å²) in [5.41, 5.74) is -0.275. The van der Waals surface area contributed by atoms with Gasteiger partial charge in [0.1, 0.15) is 5.54 Å². The first-order valence-corrected chi connectivity index (χ1v) is 5.21. The van der Waals surface area contributed by atoms with Crippen molar-refractivity contribution in [3.8, 4) is 6.07 Å². The Balaban J connectivity index is 2.30. The van der Waals surface area contributed by atoms with Crippen molar-refractivity contribution < 1.29 is 4.74 Å². The van der Waals surface area contributed by atoms with Gasteiger partial charge in [0.05, 0.1) is 12.7 Å². The summed E-state index contributed by atoms with van der Waals surface area (Å²) in [6.07, 6.45) is 0.956. The third-order valence-corrected chi connectivity index (χ3v) is 3.19. The normalized spacial score (nSPS) is 28.7. The summed E-state index contributed by atoms with van der Waals surface area (Å²) in [4.78, 5) is 0. The number of nitriles is 1. The zero-order valence-electron chi connectivity index (χ0n) is 7.30. The van der Waals surface area contributed by atoms with Crippen LogP contribution in [0.3, 0.4) is 0 Å². The van der Waals surface area contributed by atoms with Gasteiger partial charge in [0.25, 0.3) is 0 Å². The van der Waals surface area contributed by atoms with Crippen molar-refractivity contribution in [3.05, 3.63) is 0 Å². The minimum atomic E-state index is -0.275. The number of rotatable bonds is 4. The lowest BCUT2D eigenvalue weighted by atomic mass is 10.0. The molecule has 0 saturated carbocycles. The van der Waals surface area contributed by atoms with Gasteiger partial charge >= 0.3 is 0 Å². The smallest absolute Gasteiger partial charge is 0.116 e. The van der Waals surface area contributed by atoms with Crippen LogP contribution < -0.4 is 5.32 Å². The van der Waals surface area contributed by atoms with E-state index in [0.29, 0.717) is 6.61 Å². The molecule has 1 saturated heterocycles. The lowest BCUT2D eigenvalue weighted by Gasteiger charge is -2.20. The predicted octanol–water partition coefficient (Wildman–Crippen LogP) is 0.622. The maximum absolute atomic E-state index is 8.95. The highest BCUT2D eigenvalue weighted by Crippen LogP contribution is 2.26. The van der Waals surface area contributed by atoms with E-state index in [2.05, 4.69) is 11.4 Å². The Labute approximate surface area is 77.5 Å². The largest absolute Gasteiger partial charge is 0.383 e. The number of ether oxygens (including phenoxy) is 1. The van der Waals surface area contributed by atoms with Gasteiger partial charge in [-0.25, -0.2) is 0 Å². The predicted molar refractivity (Wildman–Crippen MR) is 50.2 cm³/mol. The molecular weight excluding hydrogens is 172 g/mol. The highest BCUT2D eigenvalue weighted by atomic mass is 32.2. The Morgan fingerprint density at radius 1 is 1.75 bits per heavy atom. The van der Waals surface area contributed by atoms with E-state index in [9.17, 15) is 0 Å². The third kappa shape index (κ3) is 2.37. The zero-order valence-corrected chi connectivity index (χ0v) is 8.12. The molecule has 0 aromatic rings. The molecule has 1 fully saturated rings. The molecule has 0 aromatic carbocycles. The molecule has 0 aromatic heterocycles. The molecule has 1 aliphatic rings. The number of nitrogens with one attached hydrogen (secondary N) is 1. The van der Waals surface area contributed by atoms with Crippen LogP contribution >= 0.6 is 11.8 Å². The number of hydrogen-bond donors (Lipinski definition) is 1. The van der Waals surface area contributed by atoms with Gasteiger partial charge < -0.3 is 4.74 Å². The van der Waals surface area contributed by atoms with E-state index in [1.54, 1.807) is 7.11 Å². The summed E-state index contributed by atoms with van der Waals surface area (Å²) in [7, 11) is 1.67. The molecule has 1 unspecified atom stereocenters. The number of thioether (sulfide) groups is 1. The molecular formula is C8H14N2OS. The van der Waals surface area contributed by atoms with Crippen molar-refractivity contribution in [3.63, 3.8) is 0 Å². The lowest BCUT2D eigenvalue weighted by molar-refractivity contribution is 0.192. The van der Waals surface area contributed by atoms with Gasteiger partial charge in [0.15, 0.2) is 0 Å². The number of nitrogens with zero attached hydrogens (tertiary/aromatic N) is 1. The van der Waals surface area contributed by atoms with Crippen molar-refractivity contribution in [2.75, 3.05) is 31.8 Å². The molecule has 1 aliphatic heterocycles. The molecule has 68 valence electrons. The van der Waals surface area contributed by atoms with Crippen LogP contribution in [-0.4, -0.2) is 37.3 Å². The first-order chi connectivity index (χ1) is 5.83. The second kappa shape index (κ2) is 4.70. The summed E-state index contributed by atoms with van der Waals surface area (Å²) < 4.78 is 4.91. The van der Waals surface area contributed by atoms with Crippen LogP contribution in [0.5, 0.6) is 0 Å². The molecule has 0 amide bonds. The molecule has 3 nitrogen and oxygen atoms in total. The summed E-state index contributed by atoms with van der Waals surface area (Å²) in [5.74, 6) is 2.00. The van der Waals surface area contributed by atoms with Gasteiger partial charge in [-0.15, -0.1) is 0 Å². The third-order valence-electron chi connectivity index (χ3n) is 2.01. The van der Waals surface area contributed by atoms with E-state index >= 15 is 0 Å². The van der Waals surface area contributed by atoms with Crippen LogP contribution in [0.15, 0.2) is 0 Å². The van der Waals surface area contributed by atoms with E-state index in [-0.39, 0.29) is 5.54 Å². The van der Waals surface area contributed by atoms with Crippen molar-refractivity contribution >= 4 is 11.8 Å². The zero-order chi connectivity index (χ0) is 8.86. The first kappa shape index (κ1) is 9.85. The van der Waals surface area contributed by atoms with Gasteiger partial charge in [-0.2, -0.15) is 17.0 Å². The summed E-state index contributed by atoms with van der Waals surface area (Å²) in [6.45, 7) is 1.44. The average Bonchev–Trinajstić information content (AvgIpc) is 2.55. The molecule has 0 bridgehead atoms. The van der Waals surface area contributed by atoms with Crippen LogP contribution in [-0.2, 0) is 4.74 Å². The molecule has 0 aliphatic carbocycles. The molecule has 0 spiro atoms. The average molecular weight is 186 g/mol. The number of methoxy groups -OCH3 is 1. The van der Waals surface area contributed by atoms with Gasteiger partial charge in [0.2, 0.25) is 0 Å². The molecule has 1 atom stereocenters. The number of hydrogen-bond acceptors (Lipinski definition) is 4. The fourth-order valence-corrected chi connectivity index (χ4v) is 2.52. The second-order valence-corrected chi connectivity index (χ2v) is 4.02. The highest BCUT2D eigenvalue weighted by Gasteiger charge is 2.33. The van der Waals surface area contributed by atoms with Crippen LogP contribution in [0.4, 0.5) is 0 Å². The standard InChI is InChI=1S/C8H14N2OS/c1-11-4-3-10-8(6-9)2-5-12-7-8/h10H,2-5,7H2,1H3. The van der Waals surface area contributed by atoms with Gasteiger partial charge in [-0.05, 0) is 12.2 Å². The van der Waals surface area contributed by atoms with Crippen LogP contribution in [0, 0.1) is 11.3 Å². The van der Waals surface area contributed by atoms with Crippen molar-refractivity contribution in [2.45, 2.75) is 12.0 Å². The lowest BCUT2D eigenvalue weighted by Crippen LogP contribution is -2.45. The van der Waals surface area contributed by atoms with Gasteiger partial charge in [-0.1, -0.05) is 0 Å². The van der Waals surface area contributed by atoms with Crippen molar-refractivity contribution in [1.29, 1.82) is 5.26 Å². The fourth-order valence-electron chi connectivity index (χ4n) is 1.22. The minimum Gasteiger partial charge on any atom is -0.383 e. The molecule has 0 radical (unpaired) electrons. The Hall–Kier alpha value is -0.240. The molecule has 1 N–H and O–H groups in total. The second-order valence-electron chi connectivity index (χ2n) is 2.92. The quantitative estimate of drug-likeness (QED) is 0.654. The van der Waals surface area contributed by atoms with E-state index in [0.717, 1.165) is 24.5 Å². The highest BCUT2D eigenvalue weighted by molar-refractivity contribution is 7.99. The summed E-state index contributed by atoms with van der Waals surface area (Å²) >= 11 is 1.84. The monoisotopic (exact) mass is 186 g/mol. The topological polar surface area (TPSA) is 45.0 Å². The minimum absolute atomic E-state index is 0.275. The SMILES string of the molecule is COCCNC1(C#N)CCSC1. The Morgan fingerprint density at radius 3 is 3.08 bits per heavy atom. The maximum atomic E-state index is 8.95. The van der Waals surface area contributed by atoms with Gasteiger partial charge in [-0.3, -0.25) is 5.32 Å². The fraction of sp³-hybridized carbons (Fsp3) is 0.875. The Kier molecular flexibility index (Phi) is 3.86. The van der Waals surface area contributed by atoms with Crippen molar-refractivity contribution in [1.82, 2.24) is 5.32 Å². The molecule has 1 heterocycles. The van der Waals surface area contributed by atoms with E-state index in [4.69, 9.17) is 10.00 Å². The summed E-state index contributed by atoms with van der Waals surface area (Å²) in [6, 6.07) is 2.35. The first-order valence-electron chi connectivity index (χ1n) is 4.06. The van der Waals surface area contributed by atoms with E-state index in [1.165, 1.54) is 0 Å². The maximum Gasteiger partial charge on any atom is 0.116 e. The molecule has 12 heavy (non-hydrogen) atoms.